The molecule has 0 bridgehead atoms. The van der Waals surface area contributed by atoms with Crippen LogP contribution in [0.15, 0.2) is 24.3 Å². The Morgan fingerprint density at radius 1 is 1.50 bits per heavy atom. The molecule has 0 radical (unpaired) electrons. The second-order valence-electron chi connectivity index (χ2n) is 4.07. The van der Waals surface area contributed by atoms with Crippen LogP contribution in [0.2, 0.25) is 0 Å². The van der Waals surface area contributed by atoms with E-state index in [-0.39, 0.29) is 17.4 Å². The number of urea groups is 1. The molecule has 1 aliphatic rings. The lowest BCUT2D eigenvalue weighted by Crippen LogP contribution is -2.44. The first-order valence-electron chi connectivity index (χ1n) is 5.18. The van der Waals surface area contributed by atoms with E-state index in [1.807, 2.05) is 0 Å². The van der Waals surface area contributed by atoms with Crippen molar-refractivity contribution in [2.24, 2.45) is 5.73 Å². The van der Waals surface area contributed by atoms with Gasteiger partial charge >= 0.3 is 6.03 Å². The van der Waals surface area contributed by atoms with E-state index in [2.05, 4.69) is 10.6 Å². The molecule has 2 amide bonds. The third kappa shape index (κ3) is 2.49. The number of amides is 2. The fourth-order valence-corrected chi connectivity index (χ4v) is 1.50. The van der Waals surface area contributed by atoms with Crippen LogP contribution in [0.25, 0.3) is 0 Å². The van der Waals surface area contributed by atoms with Crippen LogP contribution < -0.4 is 16.4 Å². The second kappa shape index (κ2) is 4.09. The van der Waals surface area contributed by atoms with Crippen molar-refractivity contribution in [1.82, 2.24) is 5.32 Å². The molecule has 0 saturated heterocycles. The van der Waals surface area contributed by atoms with Gasteiger partial charge in [-0.2, -0.15) is 0 Å². The van der Waals surface area contributed by atoms with E-state index in [9.17, 15) is 9.18 Å². The molecule has 1 aliphatic carbocycles. The lowest BCUT2D eigenvalue weighted by molar-refractivity contribution is 0.247. The van der Waals surface area contributed by atoms with E-state index >= 15 is 0 Å². The van der Waals surface area contributed by atoms with Gasteiger partial charge in [-0.1, -0.05) is 6.07 Å². The summed E-state index contributed by atoms with van der Waals surface area (Å²) < 4.78 is 12.8. The first-order valence-corrected chi connectivity index (χ1v) is 5.18. The molecule has 1 saturated carbocycles. The maximum Gasteiger partial charge on any atom is 0.319 e. The van der Waals surface area contributed by atoms with Crippen LogP contribution >= 0.6 is 0 Å². The highest BCUT2D eigenvalue weighted by Gasteiger charge is 2.42. The van der Waals surface area contributed by atoms with Crippen molar-refractivity contribution in [3.8, 4) is 0 Å². The maximum absolute atomic E-state index is 12.8. The summed E-state index contributed by atoms with van der Waals surface area (Å²) in [5, 5.41) is 5.36. The number of carbonyl (C=O) groups is 1. The van der Waals surface area contributed by atoms with Crippen LogP contribution in [0.3, 0.4) is 0 Å². The zero-order valence-corrected chi connectivity index (χ0v) is 8.79. The van der Waals surface area contributed by atoms with Gasteiger partial charge in [0.25, 0.3) is 0 Å². The Morgan fingerprint density at radius 3 is 2.81 bits per heavy atom. The number of benzene rings is 1. The summed E-state index contributed by atoms with van der Waals surface area (Å²) in [4.78, 5) is 11.5. The molecule has 16 heavy (non-hydrogen) atoms. The number of carbonyl (C=O) groups excluding carboxylic acids is 1. The SMILES string of the molecule is NCC1(NC(=O)Nc2cccc(F)c2)CC1. The van der Waals surface area contributed by atoms with Crippen molar-refractivity contribution in [2.45, 2.75) is 18.4 Å². The average molecular weight is 223 g/mol. The molecule has 1 fully saturated rings. The summed E-state index contributed by atoms with van der Waals surface area (Å²) in [5.74, 6) is -0.377. The smallest absolute Gasteiger partial charge is 0.319 e. The molecule has 1 aromatic rings. The summed E-state index contributed by atoms with van der Waals surface area (Å²) in [6.07, 6.45) is 1.81. The summed E-state index contributed by atoms with van der Waals surface area (Å²) in [6, 6.07) is 5.42. The van der Waals surface area contributed by atoms with Gasteiger partial charge in [-0.3, -0.25) is 0 Å². The van der Waals surface area contributed by atoms with E-state index in [0.29, 0.717) is 12.2 Å². The Hall–Kier alpha value is -1.62. The van der Waals surface area contributed by atoms with Crippen molar-refractivity contribution in [1.29, 1.82) is 0 Å². The van der Waals surface area contributed by atoms with E-state index < -0.39 is 0 Å². The van der Waals surface area contributed by atoms with Crippen molar-refractivity contribution in [3.05, 3.63) is 30.1 Å². The van der Waals surface area contributed by atoms with Gasteiger partial charge in [-0.25, -0.2) is 9.18 Å². The van der Waals surface area contributed by atoms with Gasteiger partial charge < -0.3 is 16.4 Å². The van der Waals surface area contributed by atoms with Crippen molar-refractivity contribution < 1.29 is 9.18 Å². The van der Waals surface area contributed by atoms with Gasteiger partial charge in [-0.15, -0.1) is 0 Å². The number of nitrogens with two attached hydrogens (primary N) is 1. The van der Waals surface area contributed by atoms with Gasteiger partial charge in [0.05, 0.1) is 5.54 Å². The Bertz CT molecular complexity index is 404. The quantitative estimate of drug-likeness (QED) is 0.725. The van der Waals surface area contributed by atoms with Crippen molar-refractivity contribution in [2.75, 3.05) is 11.9 Å². The number of nitrogens with one attached hydrogen (secondary N) is 2. The van der Waals surface area contributed by atoms with Crippen LogP contribution in [0.1, 0.15) is 12.8 Å². The summed E-state index contributed by atoms with van der Waals surface area (Å²) in [6.45, 7) is 0.434. The fourth-order valence-electron chi connectivity index (χ4n) is 1.50. The normalized spacial score (nSPS) is 16.6. The van der Waals surface area contributed by atoms with Crippen molar-refractivity contribution in [3.63, 3.8) is 0 Å². The largest absolute Gasteiger partial charge is 0.331 e. The molecule has 0 aliphatic heterocycles. The lowest BCUT2D eigenvalue weighted by atomic mass is 10.3. The molecule has 0 atom stereocenters. The maximum atomic E-state index is 12.8. The predicted molar refractivity (Wildman–Crippen MR) is 59.6 cm³/mol. The number of anilines is 1. The van der Waals surface area contributed by atoms with E-state index in [4.69, 9.17) is 5.73 Å². The summed E-state index contributed by atoms with van der Waals surface area (Å²) >= 11 is 0. The first kappa shape index (κ1) is 10.9. The number of halogens is 1. The predicted octanol–water partition coefficient (Wildman–Crippen LogP) is 1.44. The zero-order valence-electron chi connectivity index (χ0n) is 8.79. The molecular weight excluding hydrogens is 209 g/mol. The Kier molecular flexibility index (Phi) is 2.78. The topological polar surface area (TPSA) is 67.1 Å². The number of hydrogen-bond donors (Lipinski definition) is 3. The highest BCUT2D eigenvalue weighted by molar-refractivity contribution is 5.90. The molecule has 0 spiro atoms. The minimum absolute atomic E-state index is 0.239. The first-order chi connectivity index (χ1) is 7.63. The minimum atomic E-state index is -0.377. The molecule has 0 heterocycles. The summed E-state index contributed by atoms with van der Waals surface area (Å²) in [5.41, 5.74) is 5.73. The molecule has 0 unspecified atom stereocenters. The molecule has 4 N–H and O–H groups in total. The van der Waals surface area contributed by atoms with Gasteiger partial charge in [0.1, 0.15) is 5.82 Å². The van der Waals surface area contributed by atoms with Gasteiger partial charge in [-0.05, 0) is 31.0 Å². The minimum Gasteiger partial charge on any atom is -0.331 e. The number of hydrogen-bond acceptors (Lipinski definition) is 2. The van der Waals surface area contributed by atoms with Crippen molar-refractivity contribution >= 4 is 11.7 Å². The van der Waals surface area contributed by atoms with Crippen LogP contribution in [0.4, 0.5) is 14.9 Å². The average Bonchev–Trinajstić information content (AvgIpc) is 2.98. The molecule has 2 rings (SSSR count). The highest BCUT2D eigenvalue weighted by atomic mass is 19.1. The molecule has 1 aromatic carbocycles. The van der Waals surface area contributed by atoms with Crippen LogP contribution in [0, 0.1) is 5.82 Å². The van der Waals surface area contributed by atoms with Crippen LogP contribution in [0.5, 0.6) is 0 Å². The Labute approximate surface area is 93.0 Å². The third-order valence-electron chi connectivity index (χ3n) is 2.71. The monoisotopic (exact) mass is 223 g/mol. The Balaban J connectivity index is 1.92. The number of rotatable bonds is 3. The van der Waals surface area contributed by atoms with Gasteiger partial charge in [0.2, 0.25) is 0 Å². The highest BCUT2D eigenvalue weighted by Crippen LogP contribution is 2.33. The molecule has 5 heteroatoms. The van der Waals surface area contributed by atoms with E-state index in [0.717, 1.165) is 12.8 Å². The molecular formula is C11H14FN3O. The van der Waals surface area contributed by atoms with Crippen LogP contribution in [-0.4, -0.2) is 18.1 Å². The zero-order chi connectivity index (χ0) is 11.6. The van der Waals surface area contributed by atoms with Gasteiger partial charge in [0.15, 0.2) is 0 Å². The Morgan fingerprint density at radius 2 is 2.25 bits per heavy atom. The second-order valence-corrected chi connectivity index (χ2v) is 4.07. The van der Waals surface area contributed by atoms with E-state index in [1.165, 1.54) is 12.1 Å². The van der Waals surface area contributed by atoms with Crippen LogP contribution in [-0.2, 0) is 0 Å². The fraction of sp³-hybridized carbons (Fsp3) is 0.364. The molecule has 0 aromatic heterocycles. The summed E-state index contributed by atoms with van der Waals surface area (Å²) in [7, 11) is 0. The third-order valence-corrected chi connectivity index (χ3v) is 2.71. The van der Waals surface area contributed by atoms with Gasteiger partial charge in [0, 0.05) is 12.2 Å². The molecule has 86 valence electrons. The van der Waals surface area contributed by atoms with E-state index in [1.54, 1.807) is 12.1 Å². The molecule has 4 nitrogen and oxygen atoms in total. The lowest BCUT2D eigenvalue weighted by Gasteiger charge is -2.15. The standard InChI is InChI=1S/C11H14FN3O/c12-8-2-1-3-9(6-8)14-10(16)15-11(7-13)4-5-11/h1-3,6H,4-5,7,13H2,(H2,14,15,16).